The van der Waals surface area contributed by atoms with Gasteiger partial charge in [-0.25, -0.2) is 5.01 Å². The first-order chi connectivity index (χ1) is 7.20. The van der Waals surface area contributed by atoms with Crippen LogP contribution in [-0.4, -0.2) is 41.2 Å². The third kappa shape index (κ3) is 2.00. The number of nitrogens with one attached hydrogen (secondary N) is 1. The molecule has 6 heteroatoms. The van der Waals surface area contributed by atoms with E-state index in [1.54, 1.807) is 0 Å². The number of hydrogen-bond donors (Lipinski definition) is 2. The number of nitrogens with zero attached hydrogens (tertiary/aromatic N) is 2. The zero-order chi connectivity index (χ0) is 10.8. The lowest BCUT2D eigenvalue weighted by Gasteiger charge is -2.29. The molecule has 0 radical (unpaired) electrons. The highest BCUT2D eigenvalue weighted by Crippen LogP contribution is 2.24. The molecule has 0 aliphatic carbocycles. The van der Waals surface area contributed by atoms with Gasteiger partial charge in [0.15, 0.2) is 6.23 Å². The zero-order valence-corrected chi connectivity index (χ0v) is 8.22. The molecule has 0 saturated carbocycles. The molecule has 0 aromatic heterocycles. The number of aliphatic hydroxyl groups is 1. The van der Waals surface area contributed by atoms with Crippen molar-refractivity contribution in [2.45, 2.75) is 25.2 Å². The van der Waals surface area contributed by atoms with E-state index in [1.165, 1.54) is 11.2 Å². The van der Waals surface area contributed by atoms with Crippen LogP contribution < -0.4 is 5.32 Å². The summed E-state index contributed by atoms with van der Waals surface area (Å²) in [5.74, 6) is 0.124. The van der Waals surface area contributed by atoms with Crippen molar-refractivity contribution in [3.8, 4) is 0 Å². The van der Waals surface area contributed by atoms with E-state index in [0.29, 0.717) is 5.82 Å². The molecule has 0 aromatic rings. The highest BCUT2D eigenvalue weighted by atomic mass is 16.5. The molecule has 2 aliphatic rings. The van der Waals surface area contributed by atoms with E-state index < -0.39 is 0 Å². The van der Waals surface area contributed by atoms with E-state index in [1.807, 2.05) is 0 Å². The van der Waals surface area contributed by atoms with Crippen molar-refractivity contribution in [1.29, 1.82) is 0 Å². The van der Waals surface area contributed by atoms with Crippen molar-refractivity contribution in [1.82, 2.24) is 10.3 Å². The van der Waals surface area contributed by atoms with Crippen LogP contribution in [0.3, 0.4) is 0 Å². The van der Waals surface area contributed by atoms with E-state index >= 15 is 0 Å². The lowest BCUT2D eigenvalue weighted by atomic mass is 10.2. The summed E-state index contributed by atoms with van der Waals surface area (Å²) in [6.45, 7) is 3.69. The standard InChI is InChI=1S/C9H13N3O3/c1-6-11-8(14)4-10-12(6)9-3-2-7(5-13)15-9/h4,7,9,13H,1-3,5H2,(H,11,14)/t7-,9+/m0/s1. The second kappa shape index (κ2) is 4.00. The van der Waals surface area contributed by atoms with E-state index in [0.717, 1.165) is 12.8 Å². The fourth-order valence-electron chi connectivity index (χ4n) is 1.67. The summed E-state index contributed by atoms with van der Waals surface area (Å²) in [5.41, 5.74) is 0. The van der Waals surface area contributed by atoms with Gasteiger partial charge in [-0.15, -0.1) is 0 Å². The first-order valence-electron chi connectivity index (χ1n) is 4.80. The van der Waals surface area contributed by atoms with Crippen LogP contribution in [0, 0.1) is 0 Å². The van der Waals surface area contributed by atoms with Gasteiger partial charge >= 0.3 is 0 Å². The minimum atomic E-state index is -0.284. The van der Waals surface area contributed by atoms with E-state index in [4.69, 9.17) is 9.84 Å². The number of ether oxygens (including phenoxy) is 1. The number of aliphatic hydroxyl groups excluding tert-OH is 1. The smallest absolute Gasteiger partial charge is 0.269 e. The first-order valence-corrected chi connectivity index (χ1v) is 4.80. The molecule has 0 aromatic carbocycles. The molecule has 0 spiro atoms. The van der Waals surface area contributed by atoms with Crippen molar-refractivity contribution >= 4 is 12.1 Å². The fourth-order valence-corrected chi connectivity index (χ4v) is 1.67. The Morgan fingerprint density at radius 1 is 1.73 bits per heavy atom. The molecule has 2 heterocycles. The topological polar surface area (TPSA) is 74.2 Å². The van der Waals surface area contributed by atoms with Gasteiger partial charge in [-0.05, 0) is 12.8 Å². The molecule has 1 saturated heterocycles. The Hall–Kier alpha value is -1.40. The lowest BCUT2D eigenvalue weighted by Crippen LogP contribution is -2.42. The molecular formula is C9H13N3O3. The molecule has 6 nitrogen and oxygen atoms in total. The quantitative estimate of drug-likeness (QED) is 0.638. The maximum Gasteiger partial charge on any atom is 0.269 e. The number of carbonyl (C=O) groups is 1. The number of amides is 1. The molecule has 15 heavy (non-hydrogen) atoms. The largest absolute Gasteiger partial charge is 0.394 e. The van der Waals surface area contributed by atoms with Crippen molar-refractivity contribution in [3.63, 3.8) is 0 Å². The minimum Gasteiger partial charge on any atom is -0.394 e. The monoisotopic (exact) mass is 211 g/mol. The fraction of sp³-hybridized carbons (Fsp3) is 0.556. The van der Waals surface area contributed by atoms with Crippen molar-refractivity contribution in [2.24, 2.45) is 5.10 Å². The van der Waals surface area contributed by atoms with Gasteiger partial charge in [0.2, 0.25) is 0 Å². The van der Waals surface area contributed by atoms with Gasteiger partial charge < -0.3 is 15.2 Å². The van der Waals surface area contributed by atoms with E-state index in [2.05, 4.69) is 17.0 Å². The molecular weight excluding hydrogens is 198 g/mol. The maximum atomic E-state index is 10.9. The summed E-state index contributed by atoms with van der Waals surface area (Å²) in [4.78, 5) is 10.9. The van der Waals surface area contributed by atoms with Gasteiger partial charge in [0.1, 0.15) is 12.0 Å². The summed E-state index contributed by atoms with van der Waals surface area (Å²) in [6.07, 6.45) is 2.35. The van der Waals surface area contributed by atoms with Crippen LogP contribution in [0.5, 0.6) is 0 Å². The zero-order valence-electron chi connectivity index (χ0n) is 8.22. The van der Waals surface area contributed by atoms with Crippen LogP contribution in [0.15, 0.2) is 17.5 Å². The van der Waals surface area contributed by atoms with Crippen molar-refractivity contribution in [3.05, 3.63) is 12.4 Å². The average molecular weight is 211 g/mol. The van der Waals surface area contributed by atoms with Crippen LogP contribution in [-0.2, 0) is 9.53 Å². The first kappa shape index (κ1) is 10.1. The maximum absolute atomic E-state index is 10.9. The Bertz CT molecular complexity index is 316. The Kier molecular flexibility index (Phi) is 2.70. The molecule has 0 bridgehead atoms. The third-order valence-corrected chi connectivity index (χ3v) is 2.40. The Labute approximate surface area is 87.2 Å². The van der Waals surface area contributed by atoms with Crippen molar-refractivity contribution < 1.29 is 14.6 Å². The highest BCUT2D eigenvalue weighted by Gasteiger charge is 2.32. The third-order valence-electron chi connectivity index (χ3n) is 2.40. The van der Waals surface area contributed by atoms with Gasteiger partial charge in [-0.2, -0.15) is 5.10 Å². The predicted octanol–water partition coefficient (Wildman–Crippen LogP) is -0.627. The highest BCUT2D eigenvalue weighted by molar-refractivity contribution is 6.27. The SMILES string of the molecule is C=C1NC(=O)C=NN1[C@H]1CC[C@@H](CO)O1. The summed E-state index contributed by atoms with van der Waals surface area (Å²) in [7, 11) is 0. The van der Waals surface area contributed by atoms with Gasteiger partial charge in [0.05, 0.1) is 12.7 Å². The van der Waals surface area contributed by atoms with Gasteiger partial charge in [0, 0.05) is 0 Å². The van der Waals surface area contributed by atoms with Gasteiger partial charge in [0.25, 0.3) is 5.91 Å². The molecule has 0 unspecified atom stereocenters. The van der Waals surface area contributed by atoms with Crippen LogP contribution in [0.25, 0.3) is 0 Å². The second-order valence-electron chi connectivity index (χ2n) is 3.50. The molecule has 2 aliphatic heterocycles. The van der Waals surface area contributed by atoms with E-state index in [-0.39, 0.29) is 24.8 Å². The Balaban J connectivity index is 2.02. The molecule has 2 rings (SSSR count). The van der Waals surface area contributed by atoms with E-state index in [9.17, 15) is 4.79 Å². The number of carbonyl (C=O) groups excluding carboxylic acids is 1. The lowest BCUT2D eigenvalue weighted by molar-refractivity contribution is -0.116. The minimum absolute atomic E-state index is 0.00683. The number of hydrogen-bond acceptors (Lipinski definition) is 5. The second-order valence-corrected chi connectivity index (χ2v) is 3.50. The van der Waals surface area contributed by atoms with Crippen LogP contribution in [0.2, 0.25) is 0 Å². The molecule has 2 atom stereocenters. The average Bonchev–Trinajstić information content (AvgIpc) is 2.66. The molecule has 82 valence electrons. The Morgan fingerprint density at radius 2 is 2.53 bits per heavy atom. The van der Waals surface area contributed by atoms with Crippen molar-refractivity contribution in [2.75, 3.05) is 6.61 Å². The van der Waals surface area contributed by atoms with Gasteiger partial charge in [-0.1, -0.05) is 6.58 Å². The normalized spacial score (nSPS) is 30.9. The Morgan fingerprint density at radius 3 is 3.13 bits per heavy atom. The molecule has 2 N–H and O–H groups in total. The van der Waals surface area contributed by atoms with Crippen LogP contribution in [0.4, 0.5) is 0 Å². The number of rotatable bonds is 2. The van der Waals surface area contributed by atoms with Gasteiger partial charge in [-0.3, -0.25) is 4.79 Å². The summed E-state index contributed by atoms with van der Waals surface area (Å²) in [5, 5.41) is 16.9. The van der Waals surface area contributed by atoms with Crippen LogP contribution >= 0.6 is 0 Å². The molecule has 1 amide bonds. The summed E-state index contributed by atoms with van der Waals surface area (Å²) in [6, 6.07) is 0. The number of hydrazone groups is 1. The summed E-state index contributed by atoms with van der Waals surface area (Å²) < 4.78 is 5.51. The van der Waals surface area contributed by atoms with Crippen LogP contribution in [0.1, 0.15) is 12.8 Å². The predicted molar refractivity (Wildman–Crippen MR) is 52.6 cm³/mol. The summed E-state index contributed by atoms with van der Waals surface area (Å²) >= 11 is 0. The molecule has 1 fully saturated rings.